The van der Waals surface area contributed by atoms with Gasteiger partial charge in [-0.2, -0.15) is 4.98 Å². The van der Waals surface area contributed by atoms with Gasteiger partial charge in [-0.15, -0.1) is 0 Å². The lowest BCUT2D eigenvalue weighted by Crippen LogP contribution is -2.53. The van der Waals surface area contributed by atoms with E-state index in [1.807, 2.05) is 0 Å². The SMILES string of the molecule is [2H]c1nc(N([2H])c2c([2H])c(OC([2H])([2H])[2H])c(OC([2H])([2H])[2H])c(OC([2H])([2H])[2H])c2[2H])nc(Nc2nc3c(c([2H])c2[2H])OC(C)(C)C(=O)N3COP(=O)(O)O)c1F. The minimum Gasteiger partial charge on any atom is -0.493 e. The van der Waals surface area contributed by atoms with Gasteiger partial charge in [0.05, 0.1) is 46.5 Å². The summed E-state index contributed by atoms with van der Waals surface area (Å²) >= 11 is 0. The molecule has 17 heteroatoms. The van der Waals surface area contributed by atoms with Crippen molar-refractivity contribution in [3.05, 3.63) is 36.2 Å². The third kappa shape index (κ3) is 6.15. The van der Waals surface area contributed by atoms with Crippen molar-refractivity contribution in [2.75, 3.05) is 43.4 Å². The van der Waals surface area contributed by atoms with Crippen molar-refractivity contribution in [2.45, 2.75) is 19.4 Å². The predicted octanol–water partition coefficient (Wildman–Crippen LogP) is 3.09. The van der Waals surface area contributed by atoms with Gasteiger partial charge in [0, 0.05) is 17.8 Å². The summed E-state index contributed by atoms with van der Waals surface area (Å²) in [5.41, 5.74) is -2.96. The van der Waals surface area contributed by atoms with Crippen LogP contribution in [0, 0.1) is 5.82 Å². The Labute approximate surface area is 248 Å². The second-order valence-corrected chi connectivity index (χ2v) is 9.12. The Morgan fingerprint density at radius 3 is 2.55 bits per heavy atom. The summed E-state index contributed by atoms with van der Waals surface area (Å²) < 4.78 is 169. The van der Waals surface area contributed by atoms with Crippen LogP contribution in [0.25, 0.3) is 0 Å². The number of nitrogens with one attached hydrogen (secondary N) is 2. The molecule has 1 aliphatic heterocycles. The average Bonchev–Trinajstić information content (AvgIpc) is 3.00. The van der Waals surface area contributed by atoms with E-state index >= 15 is 4.39 Å². The number of rotatable bonds is 10. The predicted molar refractivity (Wildman–Crippen MR) is 139 cm³/mol. The molecule has 214 valence electrons. The fourth-order valence-electron chi connectivity index (χ4n) is 3.07. The fraction of sp³-hybridized carbons (Fsp3) is 0.304. The number of hydrogen-bond acceptors (Lipinski definition) is 12. The second kappa shape index (κ2) is 11.1. The molecule has 40 heavy (non-hydrogen) atoms. The van der Waals surface area contributed by atoms with E-state index in [1.165, 1.54) is 13.8 Å². The van der Waals surface area contributed by atoms with E-state index in [2.05, 4.69) is 29.5 Å². The summed E-state index contributed by atoms with van der Waals surface area (Å²) in [6, 6.07) is -4.32. The molecule has 0 spiro atoms. The van der Waals surface area contributed by atoms with Crippen LogP contribution in [0.2, 0.25) is 1.41 Å². The van der Waals surface area contributed by atoms with E-state index in [9.17, 15) is 19.1 Å². The first-order valence-electron chi connectivity index (χ1n) is 17.8. The zero-order valence-corrected chi connectivity index (χ0v) is 20.9. The molecule has 0 saturated carbocycles. The van der Waals surface area contributed by atoms with E-state index in [0.717, 1.165) is 0 Å². The van der Waals surface area contributed by atoms with Crippen LogP contribution in [0.5, 0.6) is 23.0 Å². The molecule has 2 aromatic heterocycles. The first-order chi connectivity index (χ1) is 24.8. The molecule has 0 radical (unpaired) electrons. The van der Waals surface area contributed by atoms with Crippen LogP contribution in [0.15, 0.2) is 30.3 Å². The molecule has 1 aliphatic rings. The Bertz CT molecular complexity index is 2040. The highest BCUT2D eigenvalue weighted by Crippen LogP contribution is 2.42. The van der Waals surface area contributed by atoms with Gasteiger partial charge in [0.1, 0.15) is 12.5 Å². The number of anilines is 5. The molecular weight excluding hydrogens is 554 g/mol. The van der Waals surface area contributed by atoms with Gasteiger partial charge < -0.3 is 39.4 Å². The monoisotopic (exact) mass is 595 g/mol. The van der Waals surface area contributed by atoms with Crippen molar-refractivity contribution in [1.29, 1.82) is 0 Å². The van der Waals surface area contributed by atoms with Crippen LogP contribution in [0.1, 0.15) is 33.0 Å². The van der Waals surface area contributed by atoms with Crippen LogP contribution >= 0.6 is 7.82 Å². The van der Waals surface area contributed by atoms with Gasteiger partial charge >= 0.3 is 7.82 Å². The maximum Gasteiger partial charge on any atom is 0.471 e. The number of methoxy groups -OCH3 is 3. The molecule has 0 fully saturated rings. The van der Waals surface area contributed by atoms with Crippen molar-refractivity contribution >= 4 is 42.8 Å². The third-order valence-corrected chi connectivity index (χ3v) is 5.20. The molecule has 1 amide bonds. The zero-order chi connectivity index (χ0) is 42.0. The van der Waals surface area contributed by atoms with Crippen LogP contribution in [-0.4, -0.2) is 64.1 Å². The Hall–Kier alpha value is -4.24. The van der Waals surface area contributed by atoms with Crippen molar-refractivity contribution in [3.63, 3.8) is 0 Å². The Morgan fingerprint density at radius 2 is 1.90 bits per heavy atom. The minimum atomic E-state index is -5.20. The van der Waals surface area contributed by atoms with Crippen molar-refractivity contribution in [3.8, 4) is 23.0 Å². The number of fused-ring (bicyclic) bond motifs is 1. The number of hydrogen-bond donors (Lipinski definition) is 4. The highest BCUT2D eigenvalue weighted by atomic mass is 31.2. The van der Waals surface area contributed by atoms with Crippen molar-refractivity contribution in [1.82, 2.24) is 15.0 Å². The number of halogens is 1. The van der Waals surface area contributed by atoms with Gasteiger partial charge in [-0.25, -0.2) is 18.9 Å². The molecule has 0 atom stereocenters. The average molecular weight is 596 g/mol. The van der Waals surface area contributed by atoms with Crippen molar-refractivity contribution < 1.29 is 67.6 Å². The van der Waals surface area contributed by atoms with Gasteiger partial charge in [-0.3, -0.25) is 14.2 Å². The van der Waals surface area contributed by atoms with E-state index in [0.29, 0.717) is 4.90 Å². The van der Waals surface area contributed by atoms with Crippen LogP contribution in [-0.2, 0) is 13.9 Å². The number of carbonyl (C=O) groups excluding carboxylic acids is 1. The summed E-state index contributed by atoms with van der Waals surface area (Å²) in [4.78, 5) is 43.1. The first kappa shape index (κ1) is 14.9. The molecule has 1 aromatic carbocycles. The van der Waals surface area contributed by atoms with E-state index in [1.54, 1.807) is 0 Å². The summed E-state index contributed by atoms with van der Waals surface area (Å²) in [6.07, 6.45) is -1.32. The summed E-state index contributed by atoms with van der Waals surface area (Å²) in [6.45, 7) is 1.31. The number of nitrogens with zero attached hydrogens (tertiary/aromatic N) is 4. The van der Waals surface area contributed by atoms with Gasteiger partial charge in [-0.05, 0) is 25.9 Å². The molecule has 0 aliphatic carbocycles. The van der Waals surface area contributed by atoms with Crippen molar-refractivity contribution in [2.24, 2.45) is 0 Å². The van der Waals surface area contributed by atoms with Gasteiger partial charge in [0.15, 0.2) is 41.7 Å². The Balaban J connectivity index is 1.91. The quantitative estimate of drug-likeness (QED) is 0.250. The second-order valence-electron chi connectivity index (χ2n) is 7.88. The number of benzene rings is 1. The standard InChI is InChI=1S/C23H26FN6O9P/c1-23(2)21(31)30(11-38-40(32,33)34)20-14(39-23)6-7-17(28-20)27-19-13(24)10-25-22(29-19)26-12-8-15(35-3)18(37-5)16(9-12)36-4/h6-10H,11H2,1-5H3,(H2,32,33,34)(H2,25,26,27,28,29)/i3D3,4D3,5D3,6D,7D,8D,9D,10D/hD. The van der Waals surface area contributed by atoms with Crippen LogP contribution in [0.3, 0.4) is 0 Å². The first-order valence-corrected chi connectivity index (χ1v) is 11.9. The fourth-order valence-corrected chi connectivity index (χ4v) is 3.33. The number of phosphoric ester groups is 1. The smallest absolute Gasteiger partial charge is 0.471 e. The van der Waals surface area contributed by atoms with Gasteiger partial charge in [0.25, 0.3) is 5.91 Å². The lowest BCUT2D eigenvalue weighted by atomic mass is 10.1. The van der Waals surface area contributed by atoms with E-state index < -0.39 is 135 Å². The number of aromatic nitrogens is 3. The summed E-state index contributed by atoms with van der Waals surface area (Å²) in [7, 11) is -15.7. The number of ether oxygens (including phenoxy) is 4. The largest absolute Gasteiger partial charge is 0.493 e. The molecule has 0 bridgehead atoms. The molecule has 4 rings (SSSR count). The number of pyridine rings is 1. The summed E-state index contributed by atoms with van der Waals surface area (Å²) in [5, 5.41) is 2.05. The lowest BCUT2D eigenvalue weighted by Gasteiger charge is -2.37. The number of phosphoric acid groups is 1. The van der Waals surface area contributed by atoms with Gasteiger partial charge in [-0.1, -0.05) is 0 Å². The molecule has 4 N–H and O–H groups in total. The maximum absolute atomic E-state index is 15.4. The molecule has 0 saturated heterocycles. The zero-order valence-electron chi connectivity index (χ0n) is 35.0. The highest BCUT2D eigenvalue weighted by molar-refractivity contribution is 7.46. The van der Waals surface area contributed by atoms with Gasteiger partial charge in [0.2, 0.25) is 11.7 Å². The Morgan fingerprint density at radius 1 is 1.20 bits per heavy atom. The summed E-state index contributed by atoms with van der Waals surface area (Å²) in [5.74, 6) is -10.9. The van der Waals surface area contributed by atoms with Crippen LogP contribution in [0.4, 0.5) is 33.5 Å². The van der Waals surface area contributed by atoms with Crippen LogP contribution < -0.4 is 34.5 Å². The third-order valence-electron chi connectivity index (χ3n) is 4.75. The molecular formula is C23H26FN6O9P. The normalized spacial score (nSPS) is 20.6. The number of carbonyl (C=O) groups is 1. The molecule has 15 nitrogen and oxygen atoms in total. The highest BCUT2D eigenvalue weighted by Gasteiger charge is 2.42. The molecule has 3 heterocycles. The lowest BCUT2D eigenvalue weighted by molar-refractivity contribution is -0.133. The number of amides is 1. The maximum atomic E-state index is 15.4. The topological polar surface area (TPSA) is 187 Å². The van der Waals surface area contributed by atoms with E-state index in [-0.39, 0.29) is 5.31 Å². The van der Waals surface area contributed by atoms with E-state index in [4.69, 9.17) is 34.8 Å². The molecule has 0 unspecified atom stereocenters. The Kier molecular flexibility index (Phi) is 4.15. The molecule has 3 aromatic rings. The minimum absolute atomic E-state index is 0.112.